The molecule has 8 heteroatoms. The third-order valence-electron chi connectivity index (χ3n) is 6.15. The lowest BCUT2D eigenvalue weighted by molar-refractivity contribution is -0.127. The van der Waals surface area contributed by atoms with Gasteiger partial charge in [-0.15, -0.1) is 0 Å². The van der Waals surface area contributed by atoms with Crippen molar-refractivity contribution < 1.29 is 34.5 Å². The van der Waals surface area contributed by atoms with Gasteiger partial charge in [0.05, 0.1) is 11.5 Å². The van der Waals surface area contributed by atoms with Crippen molar-refractivity contribution in [2.45, 2.75) is 19.3 Å². The average Bonchev–Trinajstić information content (AvgIpc) is 2.66. The summed E-state index contributed by atoms with van der Waals surface area (Å²) in [5, 5.41) is 32.0. The van der Waals surface area contributed by atoms with Gasteiger partial charge in [-0.2, -0.15) is 0 Å². The third kappa shape index (κ3) is 2.75. The van der Waals surface area contributed by atoms with E-state index < -0.39 is 52.3 Å². The van der Waals surface area contributed by atoms with Crippen LogP contribution in [0.4, 0.5) is 0 Å². The fraction of sp³-hybridized carbons (Fsp3) is 0.273. The van der Waals surface area contributed by atoms with Crippen molar-refractivity contribution in [2.75, 3.05) is 0 Å². The number of allylic oxidation sites excluding steroid dienone is 3. The van der Waals surface area contributed by atoms with Crippen molar-refractivity contribution in [3.8, 4) is 5.75 Å². The van der Waals surface area contributed by atoms with E-state index in [-0.39, 0.29) is 23.3 Å². The highest BCUT2D eigenvalue weighted by Gasteiger charge is 2.50. The molecule has 1 aromatic carbocycles. The van der Waals surface area contributed by atoms with E-state index in [4.69, 9.17) is 5.73 Å². The number of primary amides is 1. The number of hydrogen-bond acceptors (Lipinski definition) is 7. The number of benzene rings is 1. The van der Waals surface area contributed by atoms with Crippen molar-refractivity contribution in [3.63, 3.8) is 0 Å². The number of aliphatic hydroxyl groups is 2. The number of carbonyl (C=O) groups is 4. The Bertz CT molecular complexity index is 1110. The van der Waals surface area contributed by atoms with Crippen LogP contribution >= 0.6 is 0 Å². The second-order valence-electron chi connectivity index (χ2n) is 7.79. The van der Waals surface area contributed by atoms with Gasteiger partial charge < -0.3 is 21.1 Å². The zero-order valence-electron chi connectivity index (χ0n) is 15.8. The summed E-state index contributed by atoms with van der Waals surface area (Å²) in [5.74, 6) is -5.61. The molecular weight excluding hydrogens is 390 g/mol. The van der Waals surface area contributed by atoms with E-state index in [1.165, 1.54) is 12.2 Å². The molecule has 4 rings (SSSR count). The summed E-state index contributed by atoms with van der Waals surface area (Å²) in [6.07, 6.45) is 3.75. The Morgan fingerprint density at radius 1 is 1.13 bits per heavy atom. The molecule has 3 aliphatic carbocycles. The first kappa shape index (κ1) is 19.6. The number of rotatable bonds is 3. The molecule has 0 bridgehead atoms. The summed E-state index contributed by atoms with van der Waals surface area (Å²) in [6.45, 7) is 0. The first-order valence-corrected chi connectivity index (χ1v) is 9.46. The van der Waals surface area contributed by atoms with Crippen LogP contribution in [0.2, 0.25) is 0 Å². The number of nitrogens with two attached hydrogens (primary N) is 1. The number of carbonyl (C=O) groups excluding carboxylic acids is 4. The normalized spacial score (nSPS) is 25.8. The third-order valence-corrected chi connectivity index (χ3v) is 6.15. The second kappa shape index (κ2) is 6.98. The smallest absolute Gasteiger partial charge is 0.255 e. The van der Waals surface area contributed by atoms with Gasteiger partial charge in [-0.3, -0.25) is 19.2 Å². The fourth-order valence-electron chi connectivity index (χ4n) is 4.91. The summed E-state index contributed by atoms with van der Waals surface area (Å²) in [7, 11) is 0. The van der Waals surface area contributed by atoms with Crippen molar-refractivity contribution in [2.24, 2.45) is 23.5 Å². The Balaban J connectivity index is 1.85. The zero-order chi connectivity index (χ0) is 21.7. The molecule has 0 radical (unpaired) electrons. The van der Waals surface area contributed by atoms with Crippen LogP contribution in [0.15, 0.2) is 35.1 Å². The molecule has 3 unspecified atom stereocenters. The number of aliphatic hydroxyl groups excluding tert-OH is 2. The van der Waals surface area contributed by atoms with E-state index >= 15 is 0 Å². The number of phenolic OH excluding ortho intramolecular Hbond substituents is 1. The number of ketones is 2. The largest absolute Gasteiger partial charge is 0.511 e. The number of amides is 1. The molecule has 1 saturated carbocycles. The van der Waals surface area contributed by atoms with Gasteiger partial charge in [0.25, 0.3) is 5.91 Å². The van der Waals surface area contributed by atoms with Crippen LogP contribution < -0.4 is 5.73 Å². The summed E-state index contributed by atoms with van der Waals surface area (Å²) in [5.41, 5.74) is 5.73. The van der Waals surface area contributed by atoms with Gasteiger partial charge in [0.2, 0.25) is 0 Å². The Morgan fingerprint density at radius 2 is 1.87 bits per heavy atom. The molecule has 1 amide bonds. The second-order valence-corrected chi connectivity index (χ2v) is 7.79. The Morgan fingerprint density at radius 3 is 2.53 bits per heavy atom. The Labute approximate surface area is 171 Å². The van der Waals surface area contributed by atoms with Gasteiger partial charge in [-0.1, -0.05) is 12.1 Å². The minimum Gasteiger partial charge on any atom is -0.511 e. The lowest BCUT2D eigenvalue weighted by Gasteiger charge is -2.41. The van der Waals surface area contributed by atoms with Crippen LogP contribution in [0.5, 0.6) is 5.75 Å². The molecule has 0 aliphatic heterocycles. The topological polar surface area (TPSA) is 155 Å². The van der Waals surface area contributed by atoms with Gasteiger partial charge >= 0.3 is 0 Å². The van der Waals surface area contributed by atoms with Crippen molar-refractivity contribution >= 4 is 35.6 Å². The molecule has 1 aromatic rings. The predicted molar refractivity (Wildman–Crippen MR) is 105 cm³/mol. The van der Waals surface area contributed by atoms with E-state index in [2.05, 4.69) is 0 Å². The zero-order valence-corrected chi connectivity index (χ0v) is 15.8. The SMILES string of the molecule is NC(=O)C1=C(O)C2C(=O)C3=C(O)c4c(ccc(/C=C/C=O)c4O)CC3CC2CC1=O. The molecule has 0 heterocycles. The van der Waals surface area contributed by atoms with Gasteiger partial charge in [0.15, 0.2) is 11.6 Å². The highest BCUT2D eigenvalue weighted by Crippen LogP contribution is 2.50. The standard InChI is InChI=1S/C22H19NO7/c23-22(30)17-13(25)8-12-7-11-6-10-4-3-9(2-1-5-24)18(26)14(10)19(27)15(11)20(28)16(12)21(17)29/h1-5,11-12,16,26-27,29H,6-8H2,(H2,23,30)/b2-1+. The molecule has 154 valence electrons. The molecule has 3 atom stereocenters. The first-order valence-electron chi connectivity index (χ1n) is 9.46. The average molecular weight is 409 g/mol. The first-order chi connectivity index (χ1) is 14.3. The van der Waals surface area contributed by atoms with Crippen LogP contribution in [-0.4, -0.2) is 39.1 Å². The van der Waals surface area contributed by atoms with E-state index in [1.807, 2.05) is 0 Å². The quantitative estimate of drug-likeness (QED) is 0.335. The van der Waals surface area contributed by atoms with E-state index in [9.17, 15) is 34.5 Å². The molecule has 3 aliphatic rings. The van der Waals surface area contributed by atoms with Crippen LogP contribution in [0.3, 0.4) is 0 Å². The highest BCUT2D eigenvalue weighted by molar-refractivity contribution is 6.21. The monoisotopic (exact) mass is 409 g/mol. The maximum Gasteiger partial charge on any atom is 0.255 e. The maximum absolute atomic E-state index is 13.3. The van der Waals surface area contributed by atoms with Crippen LogP contribution in [-0.2, 0) is 25.6 Å². The van der Waals surface area contributed by atoms with Crippen molar-refractivity contribution in [1.82, 2.24) is 0 Å². The molecule has 1 fully saturated rings. The number of aromatic hydroxyl groups is 1. The van der Waals surface area contributed by atoms with Gasteiger partial charge in [0, 0.05) is 17.6 Å². The Hall–Kier alpha value is -3.68. The molecule has 8 nitrogen and oxygen atoms in total. The molecule has 0 spiro atoms. The Kier molecular flexibility index (Phi) is 4.57. The number of Topliss-reactive ketones (excluding diaryl/α,β-unsaturated/α-hetero) is 2. The highest BCUT2D eigenvalue weighted by atomic mass is 16.3. The minimum absolute atomic E-state index is 0.0558. The van der Waals surface area contributed by atoms with Gasteiger partial charge in [-0.25, -0.2) is 0 Å². The van der Waals surface area contributed by atoms with Crippen LogP contribution in [0.25, 0.3) is 11.8 Å². The molecule has 5 N–H and O–H groups in total. The summed E-state index contributed by atoms with van der Waals surface area (Å²) in [6, 6.07) is 3.31. The number of phenols is 1. The minimum atomic E-state index is -1.14. The molecule has 0 aromatic heterocycles. The molecule has 0 saturated heterocycles. The fourth-order valence-corrected chi connectivity index (χ4v) is 4.91. The van der Waals surface area contributed by atoms with Crippen molar-refractivity contribution in [1.29, 1.82) is 0 Å². The van der Waals surface area contributed by atoms with Crippen LogP contribution in [0, 0.1) is 17.8 Å². The summed E-state index contributed by atoms with van der Waals surface area (Å²) >= 11 is 0. The lowest BCUT2D eigenvalue weighted by atomic mass is 9.61. The van der Waals surface area contributed by atoms with E-state index in [0.717, 1.165) is 0 Å². The molecular formula is C22H19NO7. The number of fused-ring (bicyclic) bond motifs is 3. The van der Waals surface area contributed by atoms with Gasteiger partial charge in [-0.05, 0) is 42.4 Å². The van der Waals surface area contributed by atoms with Gasteiger partial charge in [0.1, 0.15) is 29.1 Å². The van der Waals surface area contributed by atoms with Crippen molar-refractivity contribution in [3.05, 3.63) is 51.8 Å². The van der Waals surface area contributed by atoms with E-state index in [0.29, 0.717) is 30.3 Å². The van der Waals surface area contributed by atoms with Crippen LogP contribution in [0.1, 0.15) is 29.5 Å². The number of hydrogen-bond donors (Lipinski definition) is 4. The summed E-state index contributed by atoms with van der Waals surface area (Å²) in [4.78, 5) is 47.7. The molecule has 30 heavy (non-hydrogen) atoms. The number of aldehydes is 1. The lowest BCUT2D eigenvalue weighted by Crippen LogP contribution is -2.44. The predicted octanol–water partition coefficient (Wildman–Crippen LogP) is 1.52. The summed E-state index contributed by atoms with van der Waals surface area (Å²) < 4.78 is 0. The van der Waals surface area contributed by atoms with E-state index in [1.54, 1.807) is 12.1 Å². The maximum atomic E-state index is 13.3.